The summed E-state index contributed by atoms with van der Waals surface area (Å²) >= 11 is 1.37. The number of hydrogen-bond donors (Lipinski definition) is 2. The fourth-order valence-electron chi connectivity index (χ4n) is 1.33. The number of aliphatic hydroxyl groups excluding tert-OH is 1. The molecule has 1 aromatic heterocycles. The van der Waals surface area contributed by atoms with Gasteiger partial charge in [0.25, 0.3) is 5.56 Å². The van der Waals surface area contributed by atoms with Crippen LogP contribution >= 0.6 is 11.8 Å². The van der Waals surface area contributed by atoms with E-state index in [2.05, 4.69) is 9.97 Å². The Kier molecular flexibility index (Phi) is 3.61. The van der Waals surface area contributed by atoms with Crippen LogP contribution in [-0.2, 0) is 0 Å². The van der Waals surface area contributed by atoms with Crippen molar-refractivity contribution in [2.24, 2.45) is 0 Å². The number of rotatable bonds is 3. The fraction of sp³-hybridized carbons (Fsp3) is 0.167. The van der Waals surface area contributed by atoms with Crippen molar-refractivity contribution in [1.82, 2.24) is 9.97 Å². The molecule has 2 rings (SSSR count). The smallest absolute Gasteiger partial charge is 0.251 e. The molecule has 0 fully saturated rings. The summed E-state index contributed by atoms with van der Waals surface area (Å²) in [6.45, 7) is 1.72. The normalized spacial score (nSPS) is 12.4. The van der Waals surface area contributed by atoms with Gasteiger partial charge in [-0.05, 0) is 24.6 Å². The van der Waals surface area contributed by atoms with Crippen LogP contribution < -0.4 is 5.56 Å². The molecule has 0 bridgehead atoms. The molecule has 1 aromatic carbocycles. The van der Waals surface area contributed by atoms with E-state index in [1.807, 2.05) is 24.3 Å². The lowest BCUT2D eigenvalue weighted by atomic mass is 10.1. The van der Waals surface area contributed by atoms with E-state index in [1.54, 1.807) is 6.92 Å². The zero-order valence-corrected chi connectivity index (χ0v) is 10.1. The van der Waals surface area contributed by atoms with E-state index in [0.29, 0.717) is 5.16 Å². The van der Waals surface area contributed by atoms with E-state index in [-0.39, 0.29) is 5.56 Å². The summed E-state index contributed by atoms with van der Waals surface area (Å²) in [4.78, 5) is 18.7. The molecule has 0 saturated heterocycles. The van der Waals surface area contributed by atoms with Crippen LogP contribution in [0.1, 0.15) is 18.6 Å². The van der Waals surface area contributed by atoms with Crippen molar-refractivity contribution < 1.29 is 5.11 Å². The summed E-state index contributed by atoms with van der Waals surface area (Å²) in [6, 6.07) is 8.86. The Balaban J connectivity index is 2.16. The molecule has 4 nitrogen and oxygen atoms in total. The van der Waals surface area contributed by atoms with Gasteiger partial charge < -0.3 is 10.1 Å². The quantitative estimate of drug-likeness (QED) is 0.815. The molecule has 0 aliphatic rings. The first-order chi connectivity index (χ1) is 8.15. The van der Waals surface area contributed by atoms with Crippen molar-refractivity contribution >= 4 is 11.8 Å². The molecule has 0 radical (unpaired) electrons. The molecule has 0 aliphatic carbocycles. The minimum atomic E-state index is -0.469. The molecule has 5 heteroatoms. The Morgan fingerprint density at radius 3 is 2.59 bits per heavy atom. The van der Waals surface area contributed by atoms with Crippen LogP contribution in [0.5, 0.6) is 0 Å². The predicted molar refractivity (Wildman–Crippen MR) is 66.1 cm³/mol. The highest BCUT2D eigenvalue weighted by atomic mass is 32.2. The maximum atomic E-state index is 11.1. The minimum absolute atomic E-state index is 0.164. The number of aliphatic hydroxyl groups is 1. The van der Waals surface area contributed by atoms with Crippen molar-refractivity contribution in [2.75, 3.05) is 0 Å². The van der Waals surface area contributed by atoms with Gasteiger partial charge in [-0.3, -0.25) is 4.79 Å². The van der Waals surface area contributed by atoms with Gasteiger partial charge in [0, 0.05) is 17.2 Å². The van der Waals surface area contributed by atoms with Gasteiger partial charge in [-0.25, -0.2) is 4.98 Å². The van der Waals surface area contributed by atoms with Crippen LogP contribution in [0.4, 0.5) is 0 Å². The van der Waals surface area contributed by atoms with E-state index in [9.17, 15) is 9.90 Å². The highest BCUT2D eigenvalue weighted by molar-refractivity contribution is 7.99. The second kappa shape index (κ2) is 5.16. The van der Waals surface area contributed by atoms with Gasteiger partial charge >= 0.3 is 0 Å². The van der Waals surface area contributed by atoms with Gasteiger partial charge in [-0.1, -0.05) is 23.9 Å². The number of nitrogens with zero attached hydrogens (tertiary/aromatic N) is 1. The number of nitrogens with one attached hydrogen (secondary N) is 1. The van der Waals surface area contributed by atoms with Crippen LogP contribution in [0.2, 0.25) is 0 Å². The lowest BCUT2D eigenvalue weighted by Gasteiger charge is -2.05. The number of H-pyrrole nitrogens is 1. The maximum Gasteiger partial charge on any atom is 0.251 e. The molecular formula is C12H12N2O2S. The second-order valence-corrected chi connectivity index (χ2v) is 4.65. The van der Waals surface area contributed by atoms with Gasteiger partial charge in [0.2, 0.25) is 0 Å². The van der Waals surface area contributed by atoms with E-state index in [4.69, 9.17) is 0 Å². The number of aromatic amines is 1. The molecule has 0 saturated carbocycles. The van der Waals surface area contributed by atoms with Crippen molar-refractivity contribution in [3.8, 4) is 0 Å². The summed E-state index contributed by atoms with van der Waals surface area (Å²) in [6.07, 6.45) is 1.01. The topological polar surface area (TPSA) is 66.0 Å². The molecule has 0 amide bonds. The van der Waals surface area contributed by atoms with Crippen LogP contribution in [0.15, 0.2) is 51.4 Å². The molecule has 0 unspecified atom stereocenters. The standard InChI is InChI=1S/C12H12N2O2S/c1-8(15)9-2-4-10(5-3-9)17-12-13-7-6-11(16)14-12/h2-8,15H,1H3,(H,13,14,16)/t8-/m1/s1. The average Bonchev–Trinajstić information content (AvgIpc) is 2.29. The maximum absolute atomic E-state index is 11.1. The van der Waals surface area contributed by atoms with Crippen LogP contribution in [0.25, 0.3) is 0 Å². The molecule has 2 aromatic rings. The molecule has 1 atom stereocenters. The Hall–Kier alpha value is -1.59. The summed E-state index contributed by atoms with van der Waals surface area (Å²) < 4.78 is 0. The Bertz CT molecular complexity index is 549. The number of aromatic nitrogens is 2. The van der Waals surface area contributed by atoms with E-state index >= 15 is 0 Å². The molecule has 0 spiro atoms. The summed E-state index contributed by atoms with van der Waals surface area (Å²) in [7, 11) is 0. The Morgan fingerprint density at radius 1 is 1.29 bits per heavy atom. The third-order valence-electron chi connectivity index (χ3n) is 2.22. The third kappa shape index (κ3) is 3.18. The average molecular weight is 248 g/mol. The summed E-state index contributed by atoms with van der Waals surface area (Å²) in [5, 5.41) is 9.93. The van der Waals surface area contributed by atoms with Gasteiger partial charge in [-0.15, -0.1) is 0 Å². The first-order valence-corrected chi connectivity index (χ1v) is 5.98. The predicted octanol–water partition coefficient (Wildman–Crippen LogP) is 1.97. The van der Waals surface area contributed by atoms with E-state index < -0.39 is 6.10 Å². The lowest BCUT2D eigenvalue weighted by molar-refractivity contribution is 0.199. The van der Waals surface area contributed by atoms with Gasteiger partial charge in [0.1, 0.15) is 0 Å². The lowest BCUT2D eigenvalue weighted by Crippen LogP contribution is -2.04. The first kappa shape index (κ1) is 11.9. The van der Waals surface area contributed by atoms with Crippen LogP contribution in [0.3, 0.4) is 0 Å². The first-order valence-electron chi connectivity index (χ1n) is 5.16. The highest BCUT2D eigenvalue weighted by Crippen LogP contribution is 2.24. The molecule has 88 valence electrons. The monoisotopic (exact) mass is 248 g/mol. The SMILES string of the molecule is C[C@@H](O)c1ccc(Sc2nccc(=O)[nH]2)cc1. The van der Waals surface area contributed by atoms with Crippen molar-refractivity contribution in [3.63, 3.8) is 0 Å². The van der Waals surface area contributed by atoms with E-state index in [1.165, 1.54) is 24.0 Å². The summed E-state index contributed by atoms with van der Waals surface area (Å²) in [5.41, 5.74) is 0.701. The summed E-state index contributed by atoms with van der Waals surface area (Å²) in [5.74, 6) is 0. The van der Waals surface area contributed by atoms with Crippen molar-refractivity contribution in [1.29, 1.82) is 0 Å². The zero-order chi connectivity index (χ0) is 12.3. The van der Waals surface area contributed by atoms with Crippen molar-refractivity contribution in [2.45, 2.75) is 23.1 Å². The Labute approximate surface area is 103 Å². The highest BCUT2D eigenvalue weighted by Gasteiger charge is 2.02. The van der Waals surface area contributed by atoms with Crippen LogP contribution in [0, 0.1) is 0 Å². The van der Waals surface area contributed by atoms with Gasteiger partial charge in [0.15, 0.2) is 5.16 Å². The number of benzene rings is 1. The third-order valence-corrected chi connectivity index (χ3v) is 3.13. The van der Waals surface area contributed by atoms with Crippen molar-refractivity contribution in [3.05, 3.63) is 52.4 Å². The largest absolute Gasteiger partial charge is 0.389 e. The molecule has 2 N–H and O–H groups in total. The zero-order valence-electron chi connectivity index (χ0n) is 9.25. The molecule has 17 heavy (non-hydrogen) atoms. The van der Waals surface area contributed by atoms with E-state index in [0.717, 1.165) is 10.5 Å². The van der Waals surface area contributed by atoms with Gasteiger partial charge in [-0.2, -0.15) is 0 Å². The van der Waals surface area contributed by atoms with Crippen LogP contribution in [-0.4, -0.2) is 15.1 Å². The molecular weight excluding hydrogens is 236 g/mol. The second-order valence-electron chi connectivity index (χ2n) is 3.59. The molecule has 0 aliphatic heterocycles. The van der Waals surface area contributed by atoms with Gasteiger partial charge in [0.05, 0.1) is 6.10 Å². The number of hydrogen-bond acceptors (Lipinski definition) is 4. The molecule has 1 heterocycles. The Morgan fingerprint density at radius 2 is 2.00 bits per heavy atom. The minimum Gasteiger partial charge on any atom is -0.389 e. The fourth-order valence-corrected chi connectivity index (χ4v) is 2.09.